The van der Waals surface area contributed by atoms with Gasteiger partial charge in [0.15, 0.2) is 0 Å². The number of hydrogen-bond acceptors (Lipinski definition) is 3. The first-order valence-electron chi connectivity index (χ1n) is 7.19. The van der Waals surface area contributed by atoms with Crippen molar-refractivity contribution in [1.29, 1.82) is 0 Å². The molecule has 2 aliphatic rings. The van der Waals surface area contributed by atoms with Gasteiger partial charge in [0, 0.05) is 19.0 Å². The Morgan fingerprint density at radius 3 is 2.82 bits per heavy atom. The molecule has 0 aromatic rings. The summed E-state index contributed by atoms with van der Waals surface area (Å²) in [6, 6.07) is 0.891. The molecule has 0 aromatic heterocycles. The standard InChI is InChI=1S/C14H26N2O/c1-3-16-10-6-7-12(16)11-15(2)13-8-4-5-9-14(13)17/h12-13H,3-11H2,1-2H3. The van der Waals surface area contributed by atoms with Crippen LogP contribution in [0.15, 0.2) is 0 Å². The van der Waals surface area contributed by atoms with E-state index in [9.17, 15) is 4.79 Å². The van der Waals surface area contributed by atoms with Gasteiger partial charge in [-0.25, -0.2) is 0 Å². The molecule has 0 aromatic carbocycles. The number of carbonyl (C=O) groups excluding carboxylic acids is 1. The third-order valence-corrected chi connectivity index (χ3v) is 4.46. The van der Waals surface area contributed by atoms with Crippen LogP contribution in [0, 0.1) is 0 Å². The monoisotopic (exact) mass is 238 g/mol. The van der Waals surface area contributed by atoms with E-state index in [1.54, 1.807) is 0 Å². The minimum Gasteiger partial charge on any atom is -0.299 e. The lowest BCUT2D eigenvalue weighted by molar-refractivity contribution is -0.125. The quantitative estimate of drug-likeness (QED) is 0.747. The van der Waals surface area contributed by atoms with Gasteiger partial charge >= 0.3 is 0 Å². The van der Waals surface area contributed by atoms with Crippen molar-refractivity contribution in [2.24, 2.45) is 0 Å². The highest BCUT2D eigenvalue weighted by Crippen LogP contribution is 2.22. The largest absolute Gasteiger partial charge is 0.299 e. The predicted octanol–water partition coefficient (Wildman–Crippen LogP) is 1.91. The second kappa shape index (κ2) is 5.96. The zero-order chi connectivity index (χ0) is 12.3. The Morgan fingerprint density at radius 1 is 1.29 bits per heavy atom. The van der Waals surface area contributed by atoms with E-state index in [4.69, 9.17) is 0 Å². The Bertz CT molecular complexity index is 267. The van der Waals surface area contributed by atoms with Gasteiger partial charge < -0.3 is 0 Å². The number of ketones is 1. The first kappa shape index (κ1) is 13.0. The normalized spacial score (nSPS) is 31.4. The van der Waals surface area contributed by atoms with E-state index in [1.807, 2.05) is 0 Å². The molecule has 0 N–H and O–H groups in total. The fraction of sp³-hybridized carbons (Fsp3) is 0.929. The minimum atomic E-state index is 0.211. The second-order valence-corrected chi connectivity index (χ2v) is 5.59. The Hall–Kier alpha value is -0.410. The van der Waals surface area contributed by atoms with Crippen LogP contribution in [0.5, 0.6) is 0 Å². The molecule has 98 valence electrons. The summed E-state index contributed by atoms with van der Waals surface area (Å²) in [6.45, 7) is 5.71. The topological polar surface area (TPSA) is 23.6 Å². The number of Topliss-reactive ketones (excluding diaryl/α,β-unsaturated/α-hetero) is 1. The lowest BCUT2D eigenvalue weighted by Crippen LogP contribution is -2.46. The molecule has 2 atom stereocenters. The first-order chi connectivity index (χ1) is 8.22. The number of likely N-dealkylation sites (tertiary alicyclic amines) is 1. The number of rotatable bonds is 4. The highest BCUT2D eigenvalue weighted by Gasteiger charge is 2.30. The third-order valence-electron chi connectivity index (χ3n) is 4.46. The van der Waals surface area contributed by atoms with Crippen molar-refractivity contribution in [1.82, 2.24) is 9.80 Å². The highest BCUT2D eigenvalue weighted by atomic mass is 16.1. The molecule has 1 heterocycles. The molecule has 0 spiro atoms. The van der Waals surface area contributed by atoms with Gasteiger partial charge in [-0.15, -0.1) is 0 Å². The maximum absolute atomic E-state index is 11.9. The molecule has 1 aliphatic carbocycles. The van der Waals surface area contributed by atoms with Crippen LogP contribution in [0.4, 0.5) is 0 Å². The summed E-state index contributed by atoms with van der Waals surface area (Å²) < 4.78 is 0. The van der Waals surface area contributed by atoms with Crippen molar-refractivity contribution >= 4 is 5.78 Å². The summed E-state index contributed by atoms with van der Waals surface area (Å²) in [4.78, 5) is 16.8. The van der Waals surface area contributed by atoms with Crippen molar-refractivity contribution in [3.8, 4) is 0 Å². The molecular weight excluding hydrogens is 212 g/mol. The average molecular weight is 238 g/mol. The molecule has 0 bridgehead atoms. The van der Waals surface area contributed by atoms with Crippen LogP contribution < -0.4 is 0 Å². The van der Waals surface area contributed by atoms with Crippen LogP contribution >= 0.6 is 0 Å². The van der Waals surface area contributed by atoms with Crippen molar-refractivity contribution < 1.29 is 4.79 Å². The SMILES string of the molecule is CCN1CCCC1CN(C)C1CCCCC1=O. The van der Waals surface area contributed by atoms with Crippen LogP contribution in [0.3, 0.4) is 0 Å². The first-order valence-corrected chi connectivity index (χ1v) is 7.19. The highest BCUT2D eigenvalue weighted by molar-refractivity contribution is 5.84. The Kier molecular flexibility index (Phi) is 4.57. The summed E-state index contributed by atoms with van der Waals surface area (Å²) in [5, 5.41) is 0. The molecular formula is C14H26N2O. The van der Waals surface area contributed by atoms with E-state index in [0.717, 1.165) is 32.4 Å². The fourth-order valence-corrected chi connectivity index (χ4v) is 3.41. The smallest absolute Gasteiger partial charge is 0.149 e. The van der Waals surface area contributed by atoms with Crippen molar-refractivity contribution in [2.75, 3.05) is 26.7 Å². The van der Waals surface area contributed by atoms with Crippen LogP contribution in [0.2, 0.25) is 0 Å². The second-order valence-electron chi connectivity index (χ2n) is 5.59. The van der Waals surface area contributed by atoms with Crippen molar-refractivity contribution in [2.45, 2.75) is 57.5 Å². The van der Waals surface area contributed by atoms with Crippen LogP contribution in [-0.2, 0) is 4.79 Å². The lowest BCUT2D eigenvalue weighted by atomic mass is 9.93. The van der Waals surface area contributed by atoms with Gasteiger partial charge in [-0.3, -0.25) is 14.6 Å². The molecule has 0 amide bonds. The van der Waals surface area contributed by atoms with Crippen LogP contribution in [-0.4, -0.2) is 54.3 Å². The van der Waals surface area contributed by atoms with E-state index in [2.05, 4.69) is 23.8 Å². The predicted molar refractivity (Wildman–Crippen MR) is 70.2 cm³/mol. The van der Waals surface area contributed by atoms with Gasteiger partial charge in [0.2, 0.25) is 0 Å². The Balaban J connectivity index is 1.87. The van der Waals surface area contributed by atoms with Crippen molar-refractivity contribution in [3.63, 3.8) is 0 Å². The molecule has 0 radical (unpaired) electrons. The zero-order valence-corrected chi connectivity index (χ0v) is 11.3. The van der Waals surface area contributed by atoms with Crippen LogP contribution in [0.25, 0.3) is 0 Å². The molecule has 1 saturated carbocycles. The molecule has 1 aliphatic heterocycles. The van der Waals surface area contributed by atoms with E-state index in [1.165, 1.54) is 25.8 Å². The molecule has 2 unspecified atom stereocenters. The van der Waals surface area contributed by atoms with Crippen molar-refractivity contribution in [3.05, 3.63) is 0 Å². The van der Waals surface area contributed by atoms with E-state index in [-0.39, 0.29) is 6.04 Å². The van der Waals surface area contributed by atoms with E-state index < -0.39 is 0 Å². The number of carbonyl (C=O) groups is 1. The minimum absolute atomic E-state index is 0.211. The fourth-order valence-electron chi connectivity index (χ4n) is 3.41. The molecule has 17 heavy (non-hydrogen) atoms. The molecule has 1 saturated heterocycles. The third kappa shape index (κ3) is 3.08. The number of hydrogen-bond donors (Lipinski definition) is 0. The summed E-state index contributed by atoms with van der Waals surface area (Å²) in [7, 11) is 2.14. The number of likely N-dealkylation sites (N-methyl/N-ethyl adjacent to an activating group) is 2. The van der Waals surface area contributed by atoms with Gasteiger partial charge in [-0.1, -0.05) is 13.3 Å². The lowest BCUT2D eigenvalue weighted by Gasteiger charge is -2.34. The summed E-state index contributed by atoms with van der Waals surface area (Å²) in [5.74, 6) is 0.472. The molecule has 2 rings (SSSR count). The van der Waals surface area contributed by atoms with Gasteiger partial charge in [-0.05, 0) is 45.8 Å². The van der Waals surface area contributed by atoms with Gasteiger partial charge in [0.25, 0.3) is 0 Å². The molecule has 3 nitrogen and oxygen atoms in total. The molecule has 3 heteroatoms. The average Bonchev–Trinajstić information content (AvgIpc) is 2.76. The Morgan fingerprint density at radius 2 is 2.12 bits per heavy atom. The Labute approximate surface area is 105 Å². The van der Waals surface area contributed by atoms with Gasteiger partial charge in [-0.2, -0.15) is 0 Å². The van der Waals surface area contributed by atoms with E-state index >= 15 is 0 Å². The summed E-state index contributed by atoms with van der Waals surface area (Å²) >= 11 is 0. The maximum atomic E-state index is 11.9. The molecule has 2 fully saturated rings. The summed E-state index contributed by atoms with van der Waals surface area (Å²) in [6.07, 6.45) is 6.84. The van der Waals surface area contributed by atoms with E-state index in [0.29, 0.717) is 11.8 Å². The van der Waals surface area contributed by atoms with Gasteiger partial charge in [0.05, 0.1) is 6.04 Å². The zero-order valence-electron chi connectivity index (χ0n) is 11.3. The van der Waals surface area contributed by atoms with Crippen LogP contribution in [0.1, 0.15) is 45.4 Å². The summed E-state index contributed by atoms with van der Waals surface area (Å²) in [5.41, 5.74) is 0. The van der Waals surface area contributed by atoms with Gasteiger partial charge in [0.1, 0.15) is 5.78 Å². The maximum Gasteiger partial charge on any atom is 0.149 e. The number of nitrogens with zero attached hydrogens (tertiary/aromatic N) is 2.